The molecule has 2 N–H and O–H groups in total. The van der Waals surface area contributed by atoms with Gasteiger partial charge in [-0.15, -0.1) is 0 Å². The second kappa shape index (κ2) is 12.1. The molecule has 2 rings (SSSR count). The molecule has 13 heteroatoms. The summed E-state index contributed by atoms with van der Waals surface area (Å²) in [5, 5.41) is 20.8. The van der Waals surface area contributed by atoms with E-state index in [1.165, 1.54) is 0 Å². The molecule has 0 bridgehead atoms. The summed E-state index contributed by atoms with van der Waals surface area (Å²) >= 11 is 0. The number of aromatic nitrogens is 2. The maximum Gasteiger partial charge on any atom is 0.421 e. The third-order valence-electron chi connectivity index (χ3n) is 4.91. The number of benzene rings is 1. The van der Waals surface area contributed by atoms with Crippen LogP contribution in [0.5, 0.6) is 0 Å². The molecule has 222 valence electrons. The zero-order valence-corrected chi connectivity index (χ0v) is 24.5. The van der Waals surface area contributed by atoms with Gasteiger partial charge in [0, 0.05) is 6.54 Å². The van der Waals surface area contributed by atoms with Gasteiger partial charge in [0.1, 0.15) is 23.0 Å². The van der Waals surface area contributed by atoms with Crippen LogP contribution in [-0.2, 0) is 14.2 Å². The lowest BCUT2D eigenvalue weighted by molar-refractivity contribution is -0.0462. The van der Waals surface area contributed by atoms with Gasteiger partial charge in [-0.2, -0.15) is 4.90 Å². The Labute approximate surface area is 233 Å². The molecule has 1 heterocycles. The van der Waals surface area contributed by atoms with E-state index in [2.05, 4.69) is 4.98 Å². The van der Waals surface area contributed by atoms with Crippen molar-refractivity contribution in [2.45, 2.75) is 98.2 Å². The van der Waals surface area contributed by atoms with Crippen LogP contribution in [-0.4, -0.2) is 78.6 Å². The lowest BCUT2D eigenvalue weighted by Gasteiger charge is -2.31. The van der Waals surface area contributed by atoms with E-state index < -0.39 is 47.4 Å². The Morgan fingerprint density at radius 3 is 1.80 bits per heavy atom. The Bertz CT molecular complexity index is 1210. The van der Waals surface area contributed by atoms with Gasteiger partial charge in [0.15, 0.2) is 0 Å². The Balaban J connectivity index is 2.36. The minimum Gasteiger partial charge on any atom is -0.464 e. The molecule has 1 aromatic carbocycles. The van der Waals surface area contributed by atoms with Crippen LogP contribution in [0.15, 0.2) is 24.3 Å². The van der Waals surface area contributed by atoms with Gasteiger partial charge in [0.2, 0.25) is 5.95 Å². The van der Waals surface area contributed by atoms with Crippen molar-refractivity contribution in [1.29, 1.82) is 0 Å². The maximum absolute atomic E-state index is 13.2. The maximum atomic E-state index is 13.2. The first kappa shape index (κ1) is 32.3. The molecule has 0 radical (unpaired) electrons. The van der Waals surface area contributed by atoms with Gasteiger partial charge in [-0.1, -0.05) is 12.1 Å². The molecule has 13 nitrogen and oxygen atoms in total. The fourth-order valence-electron chi connectivity index (χ4n) is 3.47. The fourth-order valence-corrected chi connectivity index (χ4v) is 3.47. The third kappa shape index (κ3) is 9.11. The summed E-state index contributed by atoms with van der Waals surface area (Å²) in [6.45, 7) is 14.5. The van der Waals surface area contributed by atoms with E-state index >= 15 is 0 Å². The zero-order chi connectivity index (χ0) is 30.6. The number of carboxylic acid groups (broad SMARTS) is 1. The molecule has 3 amide bonds. The number of para-hydroxylation sites is 2. The number of rotatable bonds is 6. The van der Waals surface area contributed by atoms with Crippen molar-refractivity contribution in [3.63, 3.8) is 0 Å². The van der Waals surface area contributed by atoms with Gasteiger partial charge in [-0.05, 0) is 87.3 Å². The molecule has 0 saturated carbocycles. The number of ether oxygens (including phenoxy) is 3. The normalized spacial score (nSPS) is 12.9. The van der Waals surface area contributed by atoms with Gasteiger partial charge in [0.25, 0.3) is 0 Å². The number of imidazole rings is 1. The van der Waals surface area contributed by atoms with Gasteiger partial charge >= 0.3 is 24.4 Å². The van der Waals surface area contributed by atoms with E-state index in [0.29, 0.717) is 10.4 Å². The van der Waals surface area contributed by atoms with Crippen LogP contribution in [0.25, 0.3) is 11.0 Å². The number of imide groups is 1. The number of aliphatic hydroxyl groups excluding tert-OH is 1. The number of hydrogen-bond donors (Lipinski definition) is 2. The van der Waals surface area contributed by atoms with Crippen molar-refractivity contribution in [2.75, 3.05) is 11.4 Å². The zero-order valence-electron chi connectivity index (χ0n) is 24.5. The summed E-state index contributed by atoms with van der Waals surface area (Å²) in [7, 11) is 0. The quantitative estimate of drug-likeness (QED) is 0.335. The van der Waals surface area contributed by atoms with Crippen molar-refractivity contribution < 1.29 is 43.6 Å². The fraction of sp³-hybridized carbons (Fsp3) is 0.593. The lowest BCUT2D eigenvalue weighted by Crippen LogP contribution is -2.49. The molecule has 1 aromatic heterocycles. The predicted molar refractivity (Wildman–Crippen MR) is 146 cm³/mol. The highest BCUT2D eigenvalue weighted by atomic mass is 16.6. The van der Waals surface area contributed by atoms with Crippen molar-refractivity contribution in [3.05, 3.63) is 24.3 Å². The second-order valence-electron chi connectivity index (χ2n) is 12.1. The predicted octanol–water partition coefficient (Wildman–Crippen LogP) is 5.57. The summed E-state index contributed by atoms with van der Waals surface area (Å²) in [5.41, 5.74) is -2.21. The highest BCUT2D eigenvalue weighted by Gasteiger charge is 2.36. The molecular formula is C27H40N4O9. The summed E-state index contributed by atoms with van der Waals surface area (Å²) in [4.78, 5) is 56.8. The monoisotopic (exact) mass is 564 g/mol. The van der Waals surface area contributed by atoms with Crippen LogP contribution in [0.4, 0.5) is 25.1 Å². The Hall–Kier alpha value is -3.87. The highest BCUT2D eigenvalue weighted by molar-refractivity contribution is 5.95. The molecule has 0 aliphatic heterocycles. The molecule has 0 spiro atoms. The number of anilines is 1. The van der Waals surface area contributed by atoms with Crippen LogP contribution < -0.4 is 4.90 Å². The number of fused-ring (bicyclic) bond motifs is 1. The summed E-state index contributed by atoms with van der Waals surface area (Å²) in [6.07, 6.45) is -6.31. The van der Waals surface area contributed by atoms with Crippen LogP contribution in [0.2, 0.25) is 0 Å². The van der Waals surface area contributed by atoms with Crippen LogP contribution >= 0.6 is 0 Å². The van der Waals surface area contributed by atoms with Crippen LogP contribution in [0, 0.1) is 0 Å². The van der Waals surface area contributed by atoms with Gasteiger partial charge in [-0.3, -0.25) is 0 Å². The molecule has 0 aliphatic carbocycles. The van der Waals surface area contributed by atoms with Crippen molar-refractivity contribution in [3.8, 4) is 0 Å². The molecule has 1 unspecified atom stereocenters. The van der Waals surface area contributed by atoms with Crippen LogP contribution in [0.3, 0.4) is 0 Å². The molecule has 1 atom stereocenters. The SMILES string of the molecule is CC(C)(C)OC(=O)N(CCCC(O)N(C(=O)OC(C)(C)C)C(=O)OC(C)(C)C)c1nc2ccccc2n1C(=O)O. The summed E-state index contributed by atoms with van der Waals surface area (Å²) in [6, 6.07) is 6.48. The average Bonchev–Trinajstić information content (AvgIpc) is 3.12. The number of carbonyl (C=O) groups is 4. The van der Waals surface area contributed by atoms with Gasteiger partial charge in [0.05, 0.1) is 11.0 Å². The first-order valence-corrected chi connectivity index (χ1v) is 12.8. The highest BCUT2D eigenvalue weighted by Crippen LogP contribution is 2.25. The molecule has 0 aliphatic rings. The number of hydrogen-bond acceptors (Lipinski definition) is 9. The topological polar surface area (TPSA) is 161 Å². The summed E-state index contributed by atoms with van der Waals surface area (Å²) < 4.78 is 16.9. The minimum atomic E-state index is -1.68. The summed E-state index contributed by atoms with van der Waals surface area (Å²) in [5.74, 6) is -0.200. The molecule has 0 fully saturated rings. The Morgan fingerprint density at radius 1 is 0.850 bits per heavy atom. The number of amides is 3. The van der Waals surface area contributed by atoms with E-state index in [-0.39, 0.29) is 30.9 Å². The van der Waals surface area contributed by atoms with E-state index in [1.54, 1.807) is 86.6 Å². The van der Waals surface area contributed by atoms with E-state index in [0.717, 1.165) is 9.47 Å². The third-order valence-corrected chi connectivity index (χ3v) is 4.91. The van der Waals surface area contributed by atoms with Crippen molar-refractivity contribution in [1.82, 2.24) is 14.5 Å². The van der Waals surface area contributed by atoms with Crippen LogP contribution in [0.1, 0.15) is 75.2 Å². The molecule has 2 aromatic rings. The van der Waals surface area contributed by atoms with E-state index in [9.17, 15) is 29.4 Å². The minimum absolute atomic E-state index is 0.00529. The second-order valence-corrected chi connectivity index (χ2v) is 12.1. The number of aliphatic hydroxyl groups is 1. The first-order valence-electron chi connectivity index (χ1n) is 12.8. The first-order chi connectivity index (χ1) is 18.2. The average molecular weight is 565 g/mol. The largest absolute Gasteiger partial charge is 0.464 e. The molecule has 0 saturated heterocycles. The number of nitrogens with zero attached hydrogens (tertiary/aromatic N) is 4. The Morgan fingerprint density at radius 2 is 1.32 bits per heavy atom. The lowest BCUT2D eigenvalue weighted by atomic mass is 10.2. The van der Waals surface area contributed by atoms with Crippen molar-refractivity contribution >= 4 is 41.4 Å². The van der Waals surface area contributed by atoms with E-state index in [1.807, 2.05) is 0 Å². The smallest absolute Gasteiger partial charge is 0.421 e. The molecular weight excluding hydrogens is 524 g/mol. The number of carbonyl (C=O) groups excluding carboxylic acids is 3. The van der Waals surface area contributed by atoms with E-state index in [4.69, 9.17) is 14.2 Å². The molecule has 40 heavy (non-hydrogen) atoms. The Kier molecular flexibility index (Phi) is 9.79. The van der Waals surface area contributed by atoms with Crippen molar-refractivity contribution in [2.24, 2.45) is 0 Å². The van der Waals surface area contributed by atoms with Gasteiger partial charge in [-0.25, -0.2) is 33.6 Å². The standard InChI is InChI=1S/C27H40N4O9/c1-25(2,3)38-22(35)29(20-28-17-13-10-11-14-18(17)30(20)21(33)34)16-12-15-19(32)31(23(36)39-26(4,5)6)24(37)40-27(7,8)9/h10-11,13-14,19,32H,12,15-16H2,1-9H3,(H,33,34). The van der Waals surface area contributed by atoms with Gasteiger partial charge < -0.3 is 24.4 Å².